The lowest BCUT2D eigenvalue weighted by Crippen LogP contribution is -2.48. The molecule has 0 atom stereocenters. The molecule has 3 aromatic carbocycles. The quantitative estimate of drug-likeness (QED) is 0.204. The number of piperazine rings is 1. The first-order valence-corrected chi connectivity index (χ1v) is 15.2. The van der Waals surface area contributed by atoms with Gasteiger partial charge >= 0.3 is 5.69 Å². The van der Waals surface area contributed by atoms with E-state index in [1.54, 1.807) is 19.1 Å². The zero-order chi connectivity index (χ0) is 30.0. The third-order valence-corrected chi connectivity index (χ3v) is 8.14. The Bertz CT molecular complexity index is 1340. The van der Waals surface area contributed by atoms with Crippen LogP contribution in [-0.4, -0.2) is 79.1 Å². The molecule has 1 N–H and O–H groups in total. The van der Waals surface area contributed by atoms with Crippen LogP contribution in [0.4, 0.5) is 17.1 Å². The Balaban J connectivity index is 0.00000442. The first kappa shape index (κ1) is 32.6. The van der Waals surface area contributed by atoms with Crippen LogP contribution in [-0.2, 0) is 11.4 Å². The van der Waals surface area contributed by atoms with Gasteiger partial charge in [-0.15, -0.1) is 0 Å². The predicted octanol–water partition coefficient (Wildman–Crippen LogP) is 5.82. The summed E-state index contributed by atoms with van der Waals surface area (Å²) in [6.45, 7) is 8.66. The molecule has 1 amide bonds. The van der Waals surface area contributed by atoms with Crippen LogP contribution in [0, 0.1) is 10.1 Å². The molecule has 0 bridgehead atoms. The Morgan fingerprint density at radius 2 is 1.64 bits per heavy atom. The van der Waals surface area contributed by atoms with Crippen molar-refractivity contribution in [1.29, 1.82) is 0 Å². The lowest BCUT2D eigenvalue weighted by Gasteiger charge is -2.37. The molecule has 0 aliphatic carbocycles. The minimum absolute atomic E-state index is 0. The molecule has 2 aliphatic rings. The summed E-state index contributed by atoms with van der Waals surface area (Å²) in [5.41, 5.74) is 3.11. The highest BCUT2D eigenvalue weighted by Crippen LogP contribution is 2.31. The fraction of sp³-hybridized carbons (Fsp3) is 0.441. The molecule has 44 heavy (non-hydrogen) atoms. The second-order valence-corrected chi connectivity index (χ2v) is 11.0. The van der Waals surface area contributed by atoms with Crippen LogP contribution < -0.4 is 19.7 Å². The van der Waals surface area contributed by atoms with Crippen molar-refractivity contribution in [2.45, 2.75) is 46.3 Å². The largest absolute Gasteiger partial charge is 0.489 e. The van der Waals surface area contributed by atoms with Crippen molar-refractivity contribution in [3.63, 3.8) is 0 Å². The molecule has 2 saturated heterocycles. The maximum atomic E-state index is 13.0. The molecule has 236 valence electrons. The van der Waals surface area contributed by atoms with Gasteiger partial charge in [-0.2, -0.15) is 0 Å². The van der Waals surface area contributed by atoms with Crippen molar-refractivity contribution in [2.75, 3.05) is 62.6 Å². The number of ether oxygens (including phenoxy) is 2. The summed E-state index contributed by atoms with van der Waals surface area (Å²) in [4.78, 5) is 30.5. The zero-order valence-electron chi connectivity index (χ0n) is 24.8. The number of carbonyl (C=O) groups is 1. The van der Waals surface area contributed by atoms with E-state index in [0.29, 0.717) is 32.7 Å². The van der Waals surface area contributed by atoms with E-state index in [-0.39, 0.29) is 30.8 Å². The molecule has 5 rings (SSSR count). The average molecular weight is 604 g/mol. The van der Waals surface area contributed by atoms with Gasteiger partial charge in [0.25, 0.3) is 0 Å². The van der Waals surface area contributed by atoms with Gasteiger partial charge in [0.2, 0.25) is 5.91 Å². The van der Waals surface area contributed by atoms with E-state index in [2.05, 4.69) is 39.4 Å². The number of benzene rings is 3. The summed E-state index contributed by atoms with van der Waals surface area (Å²) in [6.07, 6.45) is 2.20. The summed E-state index contributed by atoms with van der Waals surface area (Å²) < 4.78 is 11.4. The number of hydrogen-bond acceptors (Lipinski definition) is 8. The molecule has 10 nitrogen and oxygen atoms in total. The molecular formula is C34H45N5O5. The second-order valence-electron chi connectivity index (χ2n) is 11.0. The van der Waals surface area contributed by atoms with Crippen LogP contribution in [0.2, 0.25) is 0 Å². The van der Waals surface area contributed by atoms with Crippen LogP contribution in [0.1, 0.15) is 39.2 Å². The Hall–Kier alpha value is -4.31. The first-order valence-electron chi connectivity index (χ1n) is 15.2. The summed E-state index contributed by atoms with van der Waals surface area (Å²) in [6, 6.07) is 23.6. The predicted molar refractivity (Wildman–Crippen MR) is 175 cm³/mol. The molecule has 3 aromatic rings. The van der Waals surface area contributed by atoms with Crippen LogP contribution in [0.3, 0.4) is 0 Å². The molecule has 2 fully saturated rings. The van der Waals surface area contributed by atoms with Crippen LogP contribution in [0.15, 0.2) is 72.8 Å². The Labute approximate surface area is 260 Å². The Morgan fingerprint density at radius 1 is 0.932 bits per heavy atom. The van der Waals surface area contributed by atoms with Gasteiger partial charge in [-0.05, 0) is 55.7 Å². The summed E-state index contributed by atoms with van der Waals surface area (Å²) >= 11 is 0. The normalized spacial score (nSPS) is 15.8. The molecular weight excluding hydrogens is 558 g/mol. The van der Waals surface area contributed by atoms with E-state index < -0.39 is 4.92 Å². The number of amides is 1. The van der Waals surface area contributed by atoms with Crippen molar-refractivity contribution in [2.24, 2.45) is 0 Å². The van der Waals surface area contributed by atoms with E-state index in [1.165, 1.54) is 11.8 Å². The van der Waals surface area contributed by atoms with Crippen molar-refractivity contribution < 1.29 is 19.2 Å². The van der Waals surface area contributed by atoms with Crippen LogP contribution in [0.25, 0.3) is 0 Å². The van der Waals surface area contributed by atoms with Crippen LogP contribution >= 0.6 is 0 Å². The van der Waals surface area contributed by atoms with E-state index in [0.717, 1.165) is 62.6 Å². The number of likely N-dealkylation sites (tertiary alicyclic amines) is 1. The zero-order valence-corrected chi connectivity index (χ0v) is 24.8. The smallest absolute Gasteiger partial charge is 0.311 e. The molecule has 0 saturated carbocycles. The number of nitro benzene ring substituents is 1. The Kier molecular flexibility index (Phi) is 11.8. The number of nitrogens with zero attached hydrogens (tertiary/aromatic N) is 4. The summed E-state index contributed by atoms with van der Waals surface area (Å²) in [5, 5.41) is 14.7. The highest BCUT2D eigenvalue weighted by Gasteiger charge is 2.25. The Morgan fingerprint density at radius 3 is 2.30 bits per heavy atom. The maximum Gasteiger partial charge on any atom is 0.311 e. The van der Waals surface area contributed by atoms with E-state index in [9.17, 15) is 14.9 Å². The molecule has 0 radical (unpaired) electrons. The van der Waals surface area contributed by atoms with Gasteiger partial charge in [-0.3, -0.25) is 19.8 Å². The number of piperidine rings is 1. The van der Waals surface area contributed by atoms with Gasteiger partial charge in [0, 0.05) is 81.8 Å². The third kappa shape index (κ3) is 8.86. The van der Waals surface area contributed by atoms with E-state index in [4.69, 9.17) is 9.47 Å². The highest BCUT2D eigenvalue weighted by atomic mass is 16.6. The third-order valence-electron chi connectivity index (χ3n) is 8.14. The fourth-order valence-corrected chi connectivity index (χ4v) is 5.67. The number of hydrogen-bond donors (Lipinski definition) is 1. The van der Waals surface area contributed by atoms with E-state index in [1.807, 2.05) is 35.2 Å². The van der Waals surface area contributed by atoms with Gasteiger partial charge in [-0.1, -0.05) is 37.8 Å². The second kappa shape index (κ2) is 16.0. The number of rotatable bonds is 12. The topological polar surface area (TPSA) is 100 Å². The molecule has 10 heteroatoms. The van der Waals surface area contributed by atoms with Crippen molar-refractivity contribution in [3.05, 3.63) is 88.5 Å². The minimum Gasteiger partial charge on any atom is -0.489 e. The first-order chi connectivity index (χ1) is 21.0. The fourth-order valence-electron chi connectivity index (χ4n) is 5.67. The standard InChI is InChI=1S/C33H41N5O5.CH4/c1-2-42-32-24-28(8-13-31(32)38(40)41)34-27-14-18-37(19-15-27)33(39)16-17-35-20-22-36(23-21-35)29-9-11-30(12-10-29)43-25-26-6-4-3-5-7-26;/h3-13,24,27,34H,2,14-23,25H2,1H3;1H4. The van der Waals surface area contributed by atoms with Gasteiger partial charge in [-0.25, -0.2) is 0 Å². The molecule has 2 heterocycles. The summed E-state index contributed by atoms with van der Waals surface area (Å²) in [5.74, 6) is 1.35. The number of nitro groups is 1. The molecule has 0 spiro atoms. The lowest BCUT2D eigenvalue weighted by atomic mass is 10.0. The van der Waals surface area contributed by atoms with Gasteiger partial charge in [0.1, 0.15) is 12.4 Å². The van der Waals surface area contributed by atoms with E-state index >= 15 is 0 Å². The highest BCUT2D eigenvalue weighted by molar-refractivity contribution is 5.76. The van der Waals surface area contributed by atoms with Crippen molar-refractivity contribution in [1.82, 2.24) is 9.80 Å². The SMILES string of the molecule is C.CCOc1cc(NC2CCN(C(=O)CCN3CCN(c4ccc(OCc5ccccc5)cc4)CC3)CC2)ccc1[N+](=O)[O-]. The summed E-state index contributed by atoms with van der Waals surface area (Å²) in [7, 11) is 0. The number of carbonyl (C=O) groups excluding carboxylic acids is 1. The maximum absolute atomic E-state index is 13.0. The number of anilines is 2. The van der Waals surface area contributed by atoms with Crippen LogP contribution in [0.5, 0.6) is 11.5 Å². The van der Waals surface area contributed by atoms with Crippen molar-refractivity contribution in [3.8, 4) is 11.5 Å². The minimum atomic E-state index is -0.429. The molecule has 0 aromatic heterocycles. The van der Waals surface area contributed by atoms with Gasteiger partial charge < -0.3 is 24.6 Å². The monoisotopic (exact) mass is 603 g/mol. The van der Waals surface area contributed by atoms with Crippen molar-refractivity contribution >= 4 is 23.0 Å². The number of nitrogens with one attached hydrogen (secondary N) is 1. The molecule has 2 aliphatic heterocycles. The average Bonchev–Trinajstić information content (AvgIpc) is 3.04. The lowest BCUT2D eigenvalue weighted by molar-refractivity contribution is -0.385. The molecule has 0 unspecified atom stereocenters. The van der Waals surface area contributed by atoms with Gasteiger partial charge in [0.05, 0.1) is 11.5 Å². The van der Waals surface area contributed by atoms with Gasteiger partial charge in [0.15, 0.2) is 5.75 Å².